The molecule has 0 spiro atoms. The van der Waals surface area contributed by atoms with Crippen LogP contribution in [0.1, 0.15) is 30.5 Å². The lowest BCUT2D eigenvalue weighted by Crippen LogP contribution is -2.32. The second kappa shape index (κ2) is 6.87. The fraction of sp³-hybridized carbons (Fsp3) is 0.278. The molecule has 2 aromatic carbocycles. The molecular formula is C18H20N2O2S. The van der Waals surface area contributed by atoms with Crippen LogP contribution in [0.4, 0.5) is 5.69 Å². The normalized spacial score (nSPS) is 13.5. The number of benzene rings is 2. The predicted octanol–water partition coefficient (Wildman–Crippen LogP) is 4.16. The molecule has 0 aromatic heterocycles. The first kappa shape index (κ1) is 15.6. The van der Waals surface area contributed by atoms with E-state index in [0.717, 1.165) is 23.6 Å². The summed E-state index contributed by atoms with van der Waals surface area (Å²) >= 11 is 5.46. The molecule has 0 saturated carbocycles. The van der Waals surface area contributed by atoms with Crippen molar-refractivity contribution in [2.75, 3.05) is 12.1 Å². The second-order valence-corrected chi connectivity index (χ2v) is 5.89. The Kier molecular flexibility index (Phi) is 4.67. The lowest BCUT2D eigenvalue weighted by molar-refractivity contribution is 0.174. The number of rotatable bonds is 4. The molecule has 2 aromatic rings. The third-order valence-corrected chi connectivity index (χ3v) is 4.13. The van der Waals surface area contributed by atoms with Gasteiger partial charge in [0.05, 0.1) is 6.04 Å². The van der Waals surface area contributed by atoms with Crippen molar-refractivity contribution in [2.45, 2.75) is 26.3 Å². The van der Waals surface area contributed by atoms with Crippen molar-refractivity contribution in [3.63, 3.8) is 0 Å². The summed E-state index contributed by atoms with van der Waals surface area (Å²) in [6, 6.07) is 14.3. The maximum Gasteiger partial charge on any atom is 0.231 e. The molecular weight excluding hydrogens is 308 g/mol. The molecule has 120 valence electrons. The van der Waals surface area contributed by atoms with Crippen LogP contribution in [0, 0.1) is 6.92 Å². The molecule has 0 aliphatic carbocycles. The van der Waals surface area contributed by atoms with Crippen LogP contribution >= 0.6 is 12.2 Å². The summed E-state index contributed by atoms with van der Waals surface area (Å²) in [5, 5.41) is 7.19. The number of thiocarbonyl (C=S) groups is 1. The first-order valence-corrected chi connectivity index (χ1v) is 8.11. The predicted molar refractivity (Wildman–Crippen MR) is 96.1 cm³/mol. The molecule has 0 amide bonds. The number of hydrogen-bond acceptors (Lipinski definition) is 3. The van der Waals surface area contributed by atoms with Gasteiger partial charge < -0.3 is 20.1 Å². The highest BCUT2D eigenvalue weighted by Gasteiger charge is 2.15. The molecule has 1 aliphatic rings. The molecule has 0 unspecified atom stereocenters. The van der Waals surface area contributed by atoms with E-state index in [0.29, 0.717) is 5.11 Å². The van der Waals surface area contributed by atoms with Crippen LogP contribution in [0.15, 0.2) is 42.5 Å². The number of hydrogen-bond donors (Lipinski definition) is 2. The maximum absolute atomic E-state index is 5.46. The van der Waals surface area contributed by atoms with E-state index in [4.69, 9.17) is 21.7 Å². The minimum Gasteiger partial charge on any atom is -0.454 e. The number of nitrogens with one attached hydrogen (secondary N) is 2. The molecule has 0 radical (unpaired) electrons. The summed E-state index contributed by atoms with van der Waals surface area (Å²) in [7, 11) is 0. The molecule has 0 saturated heterocycles. The second-order valence-electron chi connectivity index (χ2n) is 5.48. The van der Waals surface area contributed by atoms with Gasteiger partial charge in [0, 0.05) is 11.8 Å². The van der Waals surface area contributed by atoms with Gasteiger partial charge in [-0.3, -0.25) is 0 Å². The highest BCUT2D eigenvalue weighted by molar-refractivity contribution is 7.80. The standard InChI is InChI=1S/C18H20N2O2S/c1-3-15(14-7-5-4-6-12(14)2)20-18(23)19-13-8-9-16-17(10-13)22-11-21-16/h4-10,15H,3,11H2,1-2H3,(H2,19,20,23)/t15-/m0/s1. The largest absolute Gasteiger partial charge is 0.454 e. The highest BCUT2D eigenvalue weighted by Crippen LogP contribution is 2.34. The third-order valence-electron chi connectivity index (χ3n) is 3.91. The van der Waals surface area contributed by atoms with Gasteiger partial charge in [-0.15, -0.1) is 0 Å². The average Bonchev–Trinajstić information content (AvgIpc) is 3.01. The van der Waals surface area contributed by atoms with Gasteiger partial charge >= 0.3 is 0 Å². The van der Waals surface area contributed by atoms with Crippen molar-refractivity contribution in [3.8, 4) is 11.5 Å². The minimum atomic E-state index is 0.185. The van der Waals surface area contributed by atoms with Crippen molar-refractivity contribution in [1.82, 2.24) is 5.32 Å². The number of ether oxygens (including phenoxy) is 2. The summed E-state index contributed by atoms with van der Waals surface area (Å²) in [6.07, 6.45) is 0.952. The Balaban J connectivity index is 1.67. The first-order valence-electron chi connectivity index (χ1n) is 7.70. The van der Waals surface area contributed by atoms with Crippen LogP contribution < -0.4 is 20.1 Å². The minimum absolute atomic E-state index is 0.185. The fourth-order valence-corrected chi connectivity index (χ4v) is 2.94. The smallest absolute Gasteiger partial charge is 0.231 e. The summed E-state index contributed by atoms with van der Waals surface area (Å²) in [6.45, 7) is 4.54. The number of fused-ring (bicyclic) bond motifs is 1. The lowest BCUT2D eigenvalue weighted by atomic mass is 10.00. The van der Waals surface area contributed by atoms with E-state index in [-0.39, 0.29) is 12.8 Å². The Morgan fingerprint density at radius 3 is 2.74 bits per heavy atom. The van der Waals surface area contributed by atoms with E-state index < -0.39 is 0 Å². The van der Waals surface area contributed by atoms with Crippen molar-refractivity contribution >= 4 is 23.0 Å². The van der Waals surface area contributed by atoms with Gasteiger partial charge in [-0.05, 0) is 48.8 Å². The molecule has 23 heavy (non-hydrogen) atoms. The van der Waals surface area contributed by atoms with Gasteiger partial charge in [0.25, 0.3) is 0 Å². The Labute approximate surface area is 141 Å². The molecule has 0 fully saturated rings. The Morgan fingerprint density at radius 2 is 1.96 bits per heavy atom. The Bertz CT molecular complexity index is 718. The zero-order valence-corrected chi connectivity index (χ0v) is 14.1. The van der Waals surface area contributed by atoms with Crippen LogP contribution in [0.25, 0.3) is 0 Å². The molecule has 4 nitrogen and oxygen atoms in total. The van der Waals surface area contributed by atoms with Crippen molar-refractivity contribution < 1.29 is 9.47 Å². The first-order chi connectivity index (χ1) is 11.2. The third kappa shape index (κ3) is 3.56. The van der Waals surface area contributed by atoms with Gasteiger partial charge in [-0.2, -0.15) is 0 Å². The van der Waals surface area contributed by atoms with Crippen LogP contribution in [0.2, 0.25) is 0 Å². The fourth-order valence-electron chi connectivity index (χ4n) is 2.68. The van der Waals surface area contributed by atoms with Crippen molar-refractivity contribution in [1.29, 1.82) is 0 Å². The zero-order valence-electron chi connectivity index (χ0n) is 13.3. The van der Waals surface area contributed by atoms with Gasteiger partial charge in [0.1, 0.15) is 0 Å². The SMILES string of the molecule is CC[C@H](NC(=S)Nc1ccc2c(c1)OCO2)c1ccccc1C. The van der Waals surface area contributed by atoms with Gasteiger partial charge in [-0.1, -0.05) is 31.2 Å². The number of anilines is 1. The van der Waals surface area contributed by atoms with Crippen LogP contribution in [0.5, 0.6) is 11.5 Å². The lowest BCUT2D eigenvalue weighted by Gasteiger charge is -2.21. The molecule has 1 heterocycles. The van der Waals surface area contributed by atoms with E-state index in [1.54, 1.807) is 0 Å². The van der Waals surface area contributed by atoms with Crippen LogP contribution in [-0.2, 0) is 0 Å². The molecule has 2 N–H and O–H groups in total. The summed E-state index contributed by atoms with van der Waals surface area (Å²) in [4.78, 5) is 0. The quantitative estimate of drug-likeness (QED) is 0.825. The Hall–Kier alpha value is -2.27. The van der Waals surface area contributed by atoms with Gasteiger partial charge in [0.15, 0.2) is 16.6 Å². The monoisotopic (exact) mass is 328 g/mol. The highest BCUT2D eigenvalue weighted by atomic mass is 32.1. The Morgan fingerprint density at radius 1 is 1.17 bits per heavy atom. The average molecular weight is 328 g/mol. The van der Waals surface area contributed by atoms with E-state index in [2.05, 4.69) is 48.7 Å². The van der Waals surface area contributed by atoms with Crippen LogP contribution in [0.3, 0.4) is 0 Å². The number of aryl methyl sites for hydroxylation is 1. The van der Waals surface area contributed by atoms with Gasteiger partial charge in [0.2, 0.25) is 6.79 Å². The molecule has 5 heteroatoms. The summed E-state index contributed by atoms with van der Waals surface area (Å²) in [5.74, 6) is 1.50. The topological polar surface area (TPSA) is 42.5 Å². The van der Waals surface area contributed by atoms with Crippen LogP contribution in [-0.4, -0.2) is 11.9 Å². The molecule has 1 atom stereocenters. The maximum atomic E-state index is 5.46. The molecule has 0 bridgehead atoms. The van der Waals surface area contributed by atoms with Crippen molar-refractivity contribution in [2.24, 2.45) is 0 Å². The van der Waals surface area contributed by atoms with Crippen molar-refractivity contribution in [3.05, 3.63) is 53.6 Å². The molecule has 1 aliphatic heterocycles. The van der Waals surface area contributed by atoms with E-state index in [1.165, 1.54) is 11.1 Å². The summed E-state index contributed by atoms with van der Waals surface area (Å²) < 4.78 is 10.7. The van der Waals surface area contributed by atoms with Gasteiger partial charge in [-0.25, -0.2) is 0 Å². The zero-order chi connectivity index (χ0) is 16.2. The van der Waals surface area contributed by atoms with E-state index in [9.17, 15) is 0 Å². The molecule has 3 rings (SSSR count). The summed E-state index contributed by atoms with van der Waals surface area (Å²) in [5.41, 5.74) is 3.41. The van der Waals surface area contributed by atoms with E-state index >= 15 is 0 Å². The van der Waals surface area contributed by atoms with E-state index in [1.807, 2.05) is 18.2 Å².